The molecule has 5 heteroatoms. The summed E-state index contributed by atoms with van der Waals surface area (Å²) < 4.78 is 0. The number of carbonyl (C=O) groups excluding carboxylic acids is 1. The maximum absolute atomic E-state index is 12.3. The van der Waals surface area contributed by atoms with Crippen molar-refractivity contribution in [1.29, 1.82) is 0 Å². The molecule has 0 spiro atoms. The summed E-state index contributed by atoms with van der Waals surface area (Å²) in [5.41, 5.74) is -0.152. The van der Waals surface area contributed by atoms with Crippen LogP contribution in [-0.4, -0.2) is 41.1 Å². The Morgan fingerprint density at radius 1 is 1.19 bits per heavy atom. The lowest BCUT2D eigenvalue weighted by Crippen LogP contribution is -2.55. The first-order valence-corrected chi connectivity index (χ1v) is 7.93. The van der Waals surface area contributed by atoms with Crippen molar-refractivity contribution in [3.05, 3.63) is 0 Å². The Hall–Kier alpha value is -1.26. The highest BCUT2D eigenvalue weighted by atomic mass is 16.4. The van der Waals surface area contributed by atoms with Gasteiger partial charge in [0, 0.05) is 13.1 Å². The molecular weight excluding hydrogens is 268 g/mol. The first-order valence-electron chi connectivity index (χ1n) is 7.93. The zero-order valence-corrected chi connectivity index (χ0v) is 14.0. The number of aliphatic carboxylic acids is 1. The summed E-state index contributed by atoms with van der Waals surface area (Å²) in [5.74, 6) is -0.982. The number of carbonyl (C=O) groups is 2. The first-order chi connectivity index (χ1) is 9.65. The summed E-state index contributed by atoms with van der Waals surface area (Å²) in [5, 5.41) is 12.0. The van der Waals surface area contributed by atoms with Gasteiger partial charge in [0.2, 0.25) is 0 Å². The van der Waals surface area contributed by atoms with Gasteiger partial charge in [0.25, 0.3) is 0 Å². The average Bonchev–Trinajstić information content (AvgIpc) is 2.43. The number of urea groups is 1. The summed E-state index contributed by atoms with van der Waals surface area (Å²) >= 11 is 0. The van der Waals surface area contributed by atoms with Crippen molar-refractivity contribution in [3.8, 4) is 0 Å². The molecule has 1 fully saturated rings. The van der Waals surface area contributed by atoms with Crippen LogP contribution in [0.3, 0.4) is 0 Å². The van der Waals surface area contributed by atoms with Crippen LogP contribution in [0.5, 0.6) is 0 Å². The number of piperidine rings is 1. The minimum Gasteiger partial charge on any atom is -0.480 e. The SMILES string of the molecule is CCC1(CC)CCN(C(=O)NC(C(=O)O)C(C)(C)C)CC1. The molecule has 21 heavy (non-hydrogen) atoms. The molecule has 0 aromatic rings. The molecule has 2 N–H and O–H groups in total. The van der Waals surface area contributed by atoms with E-state index in [1.807, 2.05) is 20.8 Å². The van der Waals surface area contributed by atoms with Gasteiger partial charge in [-0.1, -0.05) is 47.5 Å². The Balaban J connectivity index is 2.64. The van der Waals surface area contributed by atoms with Crippen molar-refractivity contribution in [2.75, 3.05) is 13.1 Å². The van der Waals surface area contributed by atoms with Crippen molar-refractivity contribution in [1.82, 2.24) is 10.2 Å². The highest BCUT2D eigenvalue weighted by molar-refractivity contribution is 5.83. The Morgan fingerprint density at radius 3 is 2.00 bits per heavy atom. The Labute approximate surface area is 128 Å². The molecule has 2 amide bonds. The predicted molar refractivity (Wildman–Crippen MR) is 83.2 cm³/mol. The molecule has 0 aromatic carbocycles. The smallest absolute Gasteiger partial charge is 0.326 e. The van der Waals surface area contributed by atoms with Gasteiger partial charge in [0.1, 0.15) is 6.04 Å². The van der Waals surface area contributed by atoms with Gasteiger partial charge in [-0.2, -0.15) is 0 Å². The van der Waals surface area contributed by atoms with Gasteiger partial charge in [-0.25, -0.2) is 9.59 Å². The molecule has 0 aromatic heterocycles. The van der Waals surface area contributed by atoms with E-state index in [2.05, 4.69) is 19.2 Å². The van der Waals surface area contributed by atoms with E-state index in [0.29, 0.717) is 18.5 Å². The molecule has 1 saturated heterocycles. The van der Waals surface area contributed by atoms with Crippen LogP contribution in [0.1, 0.15) is 60.3 Å². The summed E-state index contributed by atoms with van der Waals surface area (Å²) in [6.45, 7) is 11.3. The monoisotopic (exact) mass is 298 g/mol. The third-order valence-corrected chi connectivity index (χ3v) is 4.99. The van der Waals surface area contributed by atoms with Crippen LogP contribution in [0.4, 0.5) is 4.79 Å². The van der Waals surface area contributed by atoms with Crippen LogP contribution in [0, 0.1) is 10.8 Å². The molecule has 1 rings (SSSR count). The zero-order chi connectivity index (χ0) is 16.3. The van der Waals surface area contributed by atoms with Gasteiger partial charge in [-0.15, -0.1) is 0 Å². The number of hydrogen-bond acceptors (Lipinski definition) is 2. The Morgan fingerprint density at radius 2 is 1.67 bits per heavy atom. The van der Waals surface area contributed by atoms with Gasteiger partial charge >= 0.3 is 12.0 Å². The maximum atomic E-state index is 12.3. The second kappa shape index (κ2) is 6.67. The third kappa shape index (κ3) is 4.35. The topological polar surface area (TPSA) is 69.6 Å². The number of hydrogen-bond donors (Lipinski definition) is 2. The highest BCUT2D eigenvalue weighted by Crippen LogP contribution is 2.37. The Bertz CT molecular complexity index is 373. The van der Waals surface area contributed by atoms with Crippen LogP contribution in [-0.2, 0) is 4.79 Å². The standard InChI is InChI=1S/C16H30N2O3/c1-6-16(7-2)8-10-18(11-9-16)14(21)17-12(13(19)20)15(3,4)5/h12H,6-11H2,1-5H3,(H,17,21)(H,19,20). The van der Waals surface area contributed by atoms with Crippen LogP contribution in [0.15, 0.2) is 0 Å². The normalized spacial score (nSPS) is 20.0. The summed E-state index contributed by atoms with van der Waals surface area (Å²) in [4.78, 5) is 25.4. The molecule has 1 unspecified atom stereocenters. The summed E-state index contributed by atoms with van der Waals surface area (Å²) in [6, 6.07) is -1.12. The number of amides is 2. The van der Waals surface area contributed by atoms with E-state index in [9.17, 15) is 14.7 Å². The van der Waals surface area contributed by atoms with Crippen LogP contribution >= 0.6 is 0 Å². The minimum absolute atomic E-state index is 0.252. The number of likely N-dealkylation sites (tertiary alicyclic amines) is 1. The molecule has 0 radical (unpaired) electrons. The fraction of sp³-hybridized carbons (Fsp3) is 0.875. The largest absolute Gasteiger partial charge is 0.480 e. The fourth-order valence-electron chi connectivity index (χ4n) is 3.00. The lowest BCUT2D eigenvalue weighted by Gasteiger charge is -2.41. The molecule has 0 aliphatic carbocycles. The predicted octanol–water partition coefficient (Wildman–Crippen LogP) is 3.10. The molecule has 0 bridgehead atoms. The van der Waals surface area contributed by atoms with Crippen molar-refractivity contribution in [2.24, 2.45) is 10.8 Å². The van der Waals surface area contributed by atoms with Crippen molar-refractivity contribution >= 4 is 12.0 Å². The second-order valence-corrected chi connectivity index (χ2v) is 7.28. The molecule has 0 saturated carbocycles. The molecule has 1 heterocycles. The van der Waals surface area contributed by atoms with E-state index < -0.39 is 17.4 Å². The van der Waals surface area contributed by atoms with Gasteiger partial charge in [0.15, 0.2) is 0 Å². The second-order valence-electron chi connectivity index (χ2n) is 7.28. The lowest BCUT2D eigenvalue weighted by molar-refractivity contribution is -0.142. The summed E-state index contributed by atoms with van der Waals surface area (Å²) in [7, 11) is 0. The maximum Gasteiger partial charge on any atom is 0.326 e. The highest BCUT2D eigenvalue weighted by Gasteiger charge is 2.36. The van der Waals surface area contributed by atoms with E-state index in [-0.39, 0.29) is 6.03 Å². The molecule has 1 aliphatic rings. The average molecular weight is 298 g/mol. The molecule has 1 aliphatic heterocycles. The van der Waals surface area contributed by atoms with Crippen molar-refractivity contribution in [2.45, 2.75) is 66.3 Å². The van der Waals surface area contributed by atoms with E-state index in [0.717, 1.165) is 25.7 Å². The van der Waals surface area contributed by atoms with Crippen LogP contribution in [0.2, 0.25) is 0 Å². The van der Waals surface area contributed by atoms with E-state index >= 15 is 0 Å². The van der Waals surface area contributed by atoms with Gasteiger partial charge in [0.05, 0.1) is 0 Å². The third-order valence-electron chi connectivity index (χ3n) is 4.99. The Kier molecular flexibility index (Phi) is 5.65. The van der Waals surface area contributed by atoms with Gasteiger partial charge in [-0.05, 0) is 23.7 Å². The fourth-order valence-corrected chi connectivity index (χ4v) is 3.00. The molecule has 1 atom stereocenters. The van der Waals surface area contributed by atoms with Crippen molar-refractivity contribution < 1.29 is 14.7 Å². The number of nitrogens with zero attached hydrogens (tertiary/aromatic N) is 1. The van der Waals surface area contributed by atoms with Crippen LogP contribution in [0.25, 0.3) is 0 Å². The number of nitrogens with one attached hydrogen (secondary N) is 1. The first kappa shape index (κ1) is 17.8. The van der Waals surface area contributed by atoms with Crippen molar-refractivity contribution in [3.63, 3.8) is 0 Å². The molecular formula is C16H30N2O3. The number of rotatable bonds is 4. The quantitative estimate of drug-likeness (QED) is 0.838. The zero-order valence-electron chi connectivity index (χ0n) is 14.0. The number of carboxylic acids is 1. The lowest BCUT2D eigenvalue weighted by atomic mass is 9.74. The van der Waals surface area contributed by atoms with E-state index in [1.54, 1.807) is 4.90 Å². The summed E-state index contributed by atoms with van der Waals surface area (Å²) in [6.07, 6.45) is 4.28. The molecule has 5 nitrogen and oxygen atoms in total. The van der Waals surface area contributed by atoms with Gasteiger partial charge < -0.3 is 15.3 Å². The van der Waals surface area contributed by atoms with E-state index in [1.165, 1.54) is 0 Å². The molecule has 122 valence electrons. The van der Waals surface area contributed by atoms with Crippen LogP contribution < -0.4 is 5.32 Å². The van der Waals surface area contributed by atoms with E-state index in [4.69, 9.17) is 0 Å². The number of carboxylic acid groups (broad SMARTS) is 1. The minimum atomic E-state index is -0.982. The van der Waals surface area contributed by atoms with Gasteiger partial charge in [-0.3, -0.25) is 0 Å².